The maximum Gasteiger partial charge on any atom is 0.225 e. The molecule has 26 heavy (non-hydrogen) atoms. The van der Waals surface area contributed by atoms with E-state index in [1.807, 2.05) is 30.0 Å². The molecule has 1 amide bonds. The third-order valence-electron chi connectivity index (χ3n) is 5.48. The number of aliphatic hydroxyl groups is 1. The molecule has 2 aliphatic rings. The van der Waals surface area contributed by atoms with E-state index in [1.54, 1.807) is 0 Å². The Kier molecular flexibility index (Phi) is 6.79. The van der Waals surface area contributed by atoms with Gasteiger partial charge in [0.05, 0.1) is 6.10 Å². The molecule has 1 N–H and O–H groups in total. The van der Waals surface area contributed by atoms with Gasteiger partial charge in [-0.1, -0.05) is 18.0 Å². The van der Waals surface area contributed by atoms with E-state index in [9.17, 15) is 9.90 Å². The highest BCUT2D eigenvalue weighted by Crippen LogP contribution is 2.26. The van der Waals surface area contributed by atoms with Crippen LogP contribution in [-0.2, 0) is 4.79 Å². The molecule has 1 saturated carbocycles. The maximum atomic E-state index is 12.6. The number of rotatable bonds is 5. The lowest BCUT2D eigenvalue weighted by atomic mass is 9.86. The zero-order valence-electron chi connectivity index (χ0n) is 15.5. The first-order valence-corrected chi connectivity index (χ1v) is 9.99. The number of piperazine rings is 1. The van der Waals surface area contributed by atoms with Crippen LogP contribution in [0.2, 0.25) is 5.02 Å². The van der Waals surface area contributed by atoms with Crippen LogP contribution in [0.3, 0.4) is 0 Å². The minimum atomic E-state index is -0.299. The summed E-state index contributed by atoms with van der Waals surface area (Å²) in [5, 5.41) is 10.5. The SMILES string of the molecule is Cc1cc(Cl)ccc1OCCN1CCN(C(=O)[C@H]2CCC[C@H](O)C2)CC1. The summed E-state index contributed by atoms with van der Waals surface area (Å²) in [6.45, 7) is 6.77. The molecule has 2 atom stereocenters. The number of carbonyl (C=O) groups is 1. The van der Waals surface area contributed by atoms with Gasteiger partial charge in [-0.15, -0.1) is 0 Å². The molecule has 0 unspecified atom stereocenters. The number of ether oxygens (including phenoxy) is 1. The van der Waals surface area contributed by atoms with Gasteiger partial charge in [0, 0.05) is 43.7 Å². The van der Waals surface area contributed by atoms with Crippen molar-refractivity contribution in [1.29, 1.82) is 0 Å². The summed E-state index contributed by atoms with van der Waals surface area (Å²) in [6, 6.07) is 5.66. The highest BCUT2D eigenvalue weighted by atomic mass is 35.5. The summed E-state index contributed by atoms with van der Waals surface area (Å²) in [4.78, 5) is 16.9. The molecule has 0 spiro atoms. The minimum Gasteiger partial charge on any atom is -0.492 e. The van der Waals surface area contributed by atoms with Crippen LogP contribution in [0.25, 0.3) is 0 Å². The van der Waals surface area contributed by atoms with Crippen LogP contribution >= 0.6 is 11.6 Å². The molecule has 0 radical (unpaired) electrons. The lowest BCUT2D eigenvalue weighted by molar-refractivity contribution is -0.139. The number of hydrogen-bond acceptors (Lipinski definition) is 4. The van der Waals surface area contributed by atoms with Gasteiger partial charge in [0.15, 0.2) is 0 Å². The van der Waals surface area contributed by atoms with Gasteiger partial charge in [0.25, 0.3) is 0 Å². The smallest absolute Gasteiger partial charge is 0.225 e. The molecule has 1 aromatic carbocycles. The van der Waals surface area contributed by atoms with E-state index in [0.29, 0.717) is 13.0 Å². The zero-order valence-corrected chi connectivity index (χ0v) is 16.2. The number of halogens is 1. The average Bonchev–Trinajstić information content (AvgIpc) is 2.63. The highest BCUT2D eigenvalue weighted by molar-refractivity contribution is 6.30. The summed E-state index contributed by atoms with van der Waals surface area (Å²) in [5.74, 6) is 1.12. The Balaban J connectivity index is 1.39. The number of aryl methyl sites for hydroxylation is 1. The van der Waals surface area contributed by atoms with Crippen molar-refractivity contribution in [3.8, 4) is 5.75 Å². The molecule has 1 aromatic rings. The lowest BCUT2D eigenvalue weighted by Gasteiger charge is -2.37. The van der Waals surface area contributed by atoms with Crippen molar-refractivity contribution < 1.29 is 14.6 Å². The molecule has 0 bridgehead atoms. The summed E-state index contributed by atoms with van der Waals surface area (Å²) >= 11 is 5.97. The Labute approximate surface area is 160 Å². The van der Waals surface area contributed by atoms with E-state index in [1.165, 1.54) is 0 Å². The fourth-order valence-corrected chi connectivity index (χ4v) is 4.12. The van der Waals surface area contributed by atoms with Crippen molar-refractivity contribution in [1.82, 2.24) is 9.80 Å². The van der Waals surface area contributed by atoms with Gasteiger partial charge in [0.2, 0.25) is 5.91 Å². The first-order valence-electron chi connectivity index (χ1n) is 9.61. The van der Waals surface area contributed by atoms with Gasteiger partial charge in [-0.25, -0.2) is 0 Å². The van der Waals surface area contributed by atoms with E-state index >= 15 is 0 Å². The normalized spacial score (nSPS) is 24.5. The molecular weight excluding hydrogens is 352 g/mol. The van der Waals surface area contributed by atoms with E-state index < -0.39 is 0 Å². The predicted octanol–water partition coefficient (Wildman–Crippen LogP) is 2.72. The standard InChI is InChI=1S/C20H29ClN2O3/c1-15-13-17(21)5-6-19(15)26-12-11-22-7-9-23(10-8-22)20(25)16-3-2-4-18(24)14-16/h5-6,13,16,18,24H,2-4,7-12,14H2,1H3/t16-,18-/m0/s1. The molecule has 1 heterocycles. The number of hydrogen-bond donors (Lipinski definition) is 1. The second-order valence-electron chi connectivity index (χ2n) is 7.44. The summed E-state index contributed by atoms with van der Waals surface area (Å²) in [5.41, 5.74) is 1.04. The quantitative estimate of drug-likeness (QED) is 0.853. The van der Waals surface area contributed by atoms with E-state index in [0.717, 1.165) is 68.3 Å². The summed E-state index contributed by atoms with van der Waals surface area (Å²) < 4.78 is 5.87. The molecule has 3 rings (SSSR count). The van der Waals surface area contributed by atoms with E-state index in [2.05, 4.69) is 4.90 Å². The van der Waals surface area contributed by atoms with Crippen molar-refractivity contribution in [3.63, 3.8) is 0 Å². The fraction of sp³-hybridized carbons (Fsp3) is 0.650. The molecule has 1 aliphatic heterocycles. The van der Waals surface area contributed by atoms with Crippen molar-refractivity contribution in [2.75, 3.05) is 39.3 Å². The lowest BCUT2D eigenvalue weighted by Crippen LogP contribution is -2.51. The molecule has 144 valence electrons. The van der Waals surface area contributed by atoms with Crippen LogP contribution in [0.15, 0.2) is 18.2 Å². The monoisotopic (exact) mass is 380 g/mol. The molecule has 1 saturated heterocycles. The minimum absolute atomic E-state index is 0.0153. The number of nitrogens with zero attached hydrogens (tertiary/aromatic N) is 2. The fourth-order valence-electron chi connectivity index (χ4n) is 3.90. The van der Waals surface area contributed by atoms with Gasteiger partial charge in [-0.05, 0) is 49.9 Å². The Hall–Kier alpha value is -1.30. The largest absolute Gasteiger partial charge is 0.492 e. The Morgan fingerprint density at radius 3 is 2.73 bits per heavy atom. The average molecular weight is 381 g/mol. The van der Waals surface area contributed by atoms with Crippen LogP contribution in [0.4, 0.5) is 0 Å². The predicted molar refractivity (Wildman–Crippen MR) is 103 cm³/mol. The summed E-state index contributed by atoms with van der Waals surface area (Å²) in [7, 11) is 0. The van der Waals surface area contributed by atoms with Crippen molar-refractivity contribution >= 4 is 17.5 Å². The second-order valence-corrected chi connectivity index (χ2v) is 7.88. The van der Waals surface area contributed by atoms with E-state index in [4.69, 9.17) is 16.3 Å². The number of amides is 1. The first kappa shape index (κ1) is 19.5. The molecular formula is C20H29ClN2O3. The van der Waals surface area contributed by atoms with Crippen molar-refractivity contribution in [2.45, 2.75) is 38.7 Å². The molecule has 1 aliphatic carbocycles. The van der Waals surface area contributed by atoms with E-state index in [-0.39, 0.29) is 17.9 Å². The Bertz CT molecular complexity index is 617. The number of carbonyl (C=O) groups excluding carboxylic acids is 1. The number of benzene rings is 1. The molecule has 2 fully saturated rings. The molecule has 0 aromatic heterocycles. The third-order valence-corrected chi connectivity index (χ3v) is 5.72. The third kappa shape index (κ3) is 5.12. The van der Waals surface area contributed by atoms with Crippen LogP contribution in [0.5, 0.6) is 5.75 Å². The maximum absolute atomic E-state index is 12.6. The Morgan fingerprint density at radius 1 is 1.27 bits per heavy atom. The van der Waals surface area contributed by atoms with Crippen LogP contribution in [-0.4, -0.2) is 66.2 Å². The zero-order chi connectivity index (χ0) is 18.5. The summed E-state index contributed by atoms with van der Waals surface area (Å²) in [6.07, 6.45) is 3.05. The van der Waals surface area contributed by atoms with Gasteiger partial charge in [0.1, 0.15) is 12.4 Å². The first-order chi connectivity index (χ1) is 12.5. The topological polar surface area (TPSA) is 53.0 Å². The van der Waals surface area contributed by atoms with Crippen LogP contribution in [0, 0.1) is 12.8 Å². The van der Waals surface area contributed by atoms with Gasteiger partial charge < -0.3 is 14.7 Å². The molecule has 6 heteroatoms. The van der Waals surface area contributed by atoms with Gasteiger partial charge in [-0.2, -0.15) is 0 Å². The highest BCUT2D eigenvalue weighted by Gasteiger charge is 2.31. The van der Waals surface area contributed by atoms with Crippen molar-refractivity contribution in [2.24, 2.45) is 5.92 Å². The second kappa shape index (κ2) is 9.07. The van der Waals surface area contributed by atoms with Crippen LogP contribution < -0.4 is 4.74 Å². The van der Waals surface area contributed by atoms with Gasteiger partial charge >= 0.3 is 0 Å². The van der Waals surface area contributed by atoms with Crippen molar-refractivity contribution in [3.05, 3.63) is 28.8 Å². The van der Waals surface area contributed by atoms with Crippen LogP contribution in [0.1, 0.15) is 31.2 Å². The van der Waals surface area contributed by atoms with Gasteiger partial charge in [-0.3, -0.25) is 9.69 Å². The Morgan fingerprint density at radius 2 is 2.04 bits per heavy atom. The molecule has 5 nitrogen and oxygen atoms in total. The number of aliphatic hydroxyl groups excluding tert-OH is 1.